The van der Waals surface area contributed by atoms with Crippen molar-refractivity contribution < 1.29 is 93.8 Å². The van der Waals surface area contributed by atoms with Gasteiger partial charge < -0.3 is 84.2 Å². The second-order valence-corrected chi connectivity index (χ2v) is 22.1. The lowest BCUT2D eigenvalue weighted by atomic mass is 9.33. The molecule has 0 bridgehead atoms. The van der Waals surface area contributed by atoms with Gasteiger partial charge in [-0.1, -0.05) is 45.1 Å². The highest BCUT2D eigenvalue weighted by Crippen LogP contribution is 2.77. The fourth-order valence-electron chi connectivity index (χ4n) is 15.0. The third-order valence-corrected chi connectivity index (χ3v) is 18.8. The summed E-state index contributed by atoms with van der Waals surface area (Å²) < 4.78 is 41.0. The zero-order chi connectivity index (χ0) is 49.0. The van der Waals surface area contributed by atoms with E-state index in [0.29, 0.717) is 32.1 Å². The fraction of sp³-hybridized carbons (Fsp3) is 0.875. The van der Waals surface area contributed by atoms with Crippen LogP contribution in [0.4, 0.5) is 0 Å². The maximum Gasteiger partial charge on any atom is 0.314 e. The number of allylic oxidation sites excluding steroid dienone is 2. The number of fused-ring (bicyclic) bond motifs is 4. The van der Waals surface area contributed by atoms with Crippen LogP contribution in [0.5, 0.6) is 0 Å². The maximum atomic E-state index is 15.0. The lowest BCUT2D eigenvalue weighted by Gasteiger charge is -2.71. The summed E-state index contributed by atoms with van der Waals surface area (Å²) in [7, 11) is 0. The molecule has 0 radical (unpaired) electrons. The number of aliphatic hydroxyl groups excluding tert-OH is 10. The standard InChI is InChI=1S/C48H74O19/c1-19(2)22-9-12-48(14-13-45(6)24(30(22)48)15-25-40-46(45,7)11-10-23(20(3)4)47(40,8)28(50)16-29(51)63-25)44(60)67-43-37(58)34(55)32(53)27(65-43)18-61-41-38(59)35(56)39(26(17-49)64-41)66-42-36(57)33(54)31(52)21(5)62-42/h21-28,30-43,49-50,52-59H,1,3,9-18H2,2,4-8H3. The van der Waals surface area contributed by atoms with Crippen molar-refractivity contribution in [2.45, 2.75) is 197 Å². The van der Waals surface area contributed by atoms with Gasteiger partial charge >= 0.3 is 11.9 Å². The molecule has 8 fully saturated rings. The van der Waals surface area contributed by atoms with E-state index in [2.05, 4.69) is 33.9 Å². The number of carbonyl (C=O) groups excluding carboxylic acids is 2. The van der Waals surface area contributed by atoms with Crippen LogP contribution in [-0.2, 0) is 42.7 Å². The zero-order valence-corrected chi connectivity index (χ0v) is 39.3. The van der Waals surface area contributed by atoms with Crippen molar-refractivity contribution >= 4 is 11.9 Å². The van der Waals surface area contributed by atoms with E-state index < -0.39 is 146 Å². The molecule has 26 unspecified atom stereocenters. The van der Waals surface area contributed by atoms with E-state index in [1.165, 1.54) is 6.92 Å². The number of esters is 2. The van der Waals surface area contributed by atoms with Gasteiger partial charge in [-0.25, -0.2) is 0 Å². The molecule has 380 valence electrons. The summed E-state index contributed by atoms with van der Waals surface area (Å²) in [6, 6.07) is 0. The molecule has 4 aliphatic heterocycles. The molecule has 0 spiro atoms. The van der Waals surface area contributed by atoms with Gasteiger partial charge in [-0.2, -0.15) is 0 Å². The number of aliphatic hydroxyl groups is 10. The Morgan fingerprint density at radius 2 is 1.37 bits per heavy atom. The topological polar surface area (TPSA) is 301 Å². The number of hydrogen-bond donors (Lipinski definition) is 10. The first-order valence-electron chi connectivity index (χ1n) is 24.1. The Morgan fingerprint density at radius 1 is 0.731 bits per heavy atom. The summed E-state index contributed by atoms with van der Waals surface area (Å²) in [6.07, 6.45) is -22.1. The quantitative estimate of drug-likeness (QED) is 0.0994. The van der Waals surface area contributed by atoms with Crippen LogP contribution in [0.25, 0.3) is 0 Å². The Kier molecular flexibility index (Phi) is 14.1. The van der Waals surface area contributed by atoms with Crippen LogP contribution in [0, 0.1) is 51.2 Å². The van der Waals surface area contributed by atoms with Gasteiger partial charge in [0.15, 0.2) is 12.6 Å². The van der Waals surface area contributed by atoms with Gasteiger partial charge in [0, 0.05) is 11.3 Å². The Morgan fingerprint density at radius 3 is 2.03 bits per heavy atom. The van der Waals surface area contributed by atoms with Gasteiger partial charge in [-0.15, -0.1) is 0 Å². The van der Waals surface area contributed by atoms with E-state index in [1.807, 2.05) is 13.8 Å². The fourth-order valence-corrected chi connectivity index (χ4v) is 15.0. The minimum absolute atomic E-state index is 0.0263. The lowest BCUT2D eigenvalue weighted by Crippen LogP contribution is -2.69. The van der Waals surface area contributed by atoms with E-state index >= 15 is 4.79 Å². The first-order valence-corrected chi connectivity index (χ1v) is 24.1. The van der Waals surface area contributed by atoms with Crippen molar-refractivity contribution in [1.29, 1.82) is 0 Å². The molecular weight excluding hydrogens is 881 g/mol. The van der Waals surface area contributed by atoms with E-state index in [4.69, 9.17) is 33.2 Å². The van der Waals surface area contributed by atoms with Crippen LogP contribution < -0.4 is 0 Å². The predicted octanol–water partition coefficient (Wildman–Crippen LogP) is -0.294. The molecule has 4 heterocycles. The minimum Gasteiger partial charge on any atom is -0.462 e. The molecule has 8 rings (SSSR count). The second kappa shape index (κ2) is 18.5. The predicted molar refractivity (Wildman–Crippen MR) is 230 cm³/mol. The maximum absolute atomic E-state index is 15.0. The molecule has 4 saturated carbocycles. The third kappa shape index (κ3) is 7.98. The molecule has 4 saturated heterocycles. The monoisotopic (exact) mass is 954 g/mol. The van der Waals surface area contributed by atoms with E-state index in [9.17, 15) is 55.9 Å². The van der Waals surface area contributed by atoms with Crippen LogP contribution in [-0.4, -0.2) is 181 Å². The van der Waals surface area contributed by atoms with Gasteiger partial charge in [0.2, 0.25) is 6.29 Å². The zero-order valence-electron chi connectivity index (χ0n) is 39.3. The average molecular weight is 955 g/mol. The molecule has 19 nitrogen and oxygen atoms in total. The summed E-state index contributed by atoms with van der Waals surface area (Å²) in [5.41, 5.74) is -0.717. The number of carbonyl (C=O) groups is 2. The summed E-state index contributed by atoms with van der Waals surface area (Å²) >= 11 is 0. The molecule has 10 N–H and O–H groups in total. The largest absolute Gasteiger partial charge is 0.462 e. The van der Waals surface area contributed by atoms with E-state index in [0.717, 1.165) is 24.0 Å². The van der Waals surface area contributed by atoms with Crippen molar-refractivity contribution in [3.63, 3.8) is 0 Å². The molecule has 0 aromatic carbocycles. The highest BCUT2D eigenvalue weighted by molar-refractivity contribution is 5.78. The van der Waals surface area contributed by atoms with Crippen LogP contribution in [0.15, 0.2) is 24.3 Å². The first kappa shape index (κ1) is 51.2. The highest BCUT2D eigenvalue weighted by atomic mass is 16.8. The number of hydrogen-bond acceptors (Lipinski definition) is 19. The van der Waals surface area contributed by atoms with Crippen LogP contribution in [0.2, 0.25) is 0 Å². The molecule has 67 heavy (non-hydrogen) atoms. The first-order chi connectivity index (χ1) is 31.4. The third-order valence-electron chi connectivity index (χ3n) is 18.8. The highest BCUT2D eigenvalue weighted by Gasteiger charge is 2.75. The molecule has 0 aromatic rings. The molecule has 8 aliphatic rings. The summed E-state index contributed by atoms with van der Waals surface area (Å²) in [5, 5.41) is 108. The molecule has 0 aromatic heterocycles. The van der Waals surface area contributed by atoms with Gasteiger partial charge in [0.05, 0.1) is 37.3 Å². The Balaban J connectivity index is 0.998. The Labute approximate surface area is 391 Å². The van der Waals surface area contributed by atoms with Gasteiger partial charge in [0.25, 0.3) is 0 Å². The summed E-state index contributed by atoms with van der Waals surface area (Å²) in [6.45, 7) is 19.3. The second-order valence-electron chi connectivity index (χ2n) is 22.1. The summed E-state index contributed by atoms with van der Waals surface area (Å²) in [4.78, 5) is 28.5. The van der Waals surface area contributed by atoms with E-state index in [1.54, 1.807) is 0 Å². The van der Waals surface area contributed by atoms with Gasteiger partial charge in [-0.3, -0.25) is 9.59 Å². The smallest absolute Gasteiger partial charge is 0.314 e. The van der Waals surface area contributed by atoms with Crippen LogP contribution in [0.1, 0.15) is 92.9 Å². The van der Waals surface area contributed by atoms with Crippen molar-refractivity contribution in [3.05, 3.63) is 24.3 Å². The van der Waals surface area contributed by atoms with Crippen molar-refractivity contribution in [2.24, 2.45) is 51.2 Å². The van der Waals surface area contributed by atoms with Crippen LogP contribution in [0.3, 0.4) is 0 Å². The summed E-state index contributed by atoms with van der Waals surface area (Å²) in [5.74, 6) is -1.91. The van der Waals surface area contributed by atoms with Crippen molar-refractivity contribution in [2.75, 3.05) is 13.2 Å². The van der Waals surface area contributed by atoms with Crippen LogP contribution >= 0.6 is 0 Å². The Bertz CT molecular complexity index is 1880. The molecule has 0 amide bonds. The SMILES string of the molecule is C=C(C)C1CCC2(C(=O)OC3OC(COC4OC(CO)C(OC5OC(C)C(O)C(O)C5O)C(O)C4O)C(O)C(O)C3O)CCC3(C)C(CC4OC(=O)CC(O)C5(C)C(C(=C)C)CCC3(C)C45)C12. The average Bonchev–Trinajstić information content (AvgIpc) is 3.64. The number of rotatable bonds is 10. The lowest BCUT2D eigenvalue weighted by molar-refractivity contribution is -0.361. The number of ether oxygens (including phenoxy) is 7. The molecular formula is C48H74O19. The van der Waals surface area contributed by atoms with Crippen molar-refractivity contribution in [3.8, 4) is 0 Å². The Hall–Kier alpha value is -2.18. The molecule has 19 heteroatoms. The molecule has 26 atom stereocenters. The normalized spacial score (nSPS) is 54.1. The van der Waals surface area contributed by atoms with Gasteiger partial charge in [0.1, 0.15) is 73.2 Å². The van der Waals surface area contributed by atoms with E-state index in [-0.39, 0.29) is 41.4 Å². The minimum atomic E-state index is -1.89. The van der Waals surface area contributed by atoms with Crippen molar-refractivity contribution in [1.82, 2.24) is 0 Å². The van der Waals surface area contributed by atoms with Gasteiger partial charge in [-0.05, 0) is 100 Å². The molecule has 4 aliphatic carbocycles.